The molecule has 0 N–H and O–H groups in total. The maximum Gasteiger partial charge on any atom is 0.330 e. The first-order chi connectivity index (χ1) is 14.4. The Hall–Kier alpha value is -1.62. The van der Waals surface area contributed by atoms with E-state index in [4.69, 9.17) is 14.2 Å². The maximum atomic E-state index is 11.2. The lowest BCUT2D eigenvalue weighted by Gasteiger charge is -2.46. The van der Waals surface area contributed by atoms with Crippen LogP contribution in [-0.2, 0) is 23.8 Å². The molecule has 2 aliphatic carbocycles. The molecule has 0 radical (unpaired) electrons. The largest absolute Gasteiger partial charge is 0.463 e. The average Bonchev–Trinajstić information content (AvgIpc) is 2.77. The highest BCUT2D eigenvalue weighted by Crippen LogP contribution is 2.49. The normalized spacial score (nSPS) is 27.1. The molecule has 0 aliphatic heterocycles. The Morgan fingerprint density at radius 3 is 1.83 bits per heavy atom. The molecule has 0 aromatic heterocycles. The summed E-state index contributed by atoms with van der Waals surface area (Å²) in [5, 5.41) is 0. The zero-order valence-electron chi connectivity index (χ0n) is 18.9. The Labute approximate surface area is 182 Å². The molecule has 0 amide bonds. The minimum absolute atomic E-state index is 0.286. The Morgan fingerprint density at radius 1 is 0.800 bits per heavy atom. The second kappa shape index (κ2) is 12.3. The lowest BCUT2D eigenvalue weighted by atomic mass is 9.59. The Morgan fingerprint density at radius 2 is 1.30 bits per heavy atom. The predicted octanol–water partition coefficient (Wildman–Crippen LogP) is 5.24. The fraction of sp³-hybridized carbons (Fsp3) is 0.760. The molecule has 0 spiro atoms. The van der Waals surface area contributed by atoms with Gasteiger partial charge in [0, 0.05) is 12.2 Å². The van der Waals surface area contributed by atoms with Gasteiger partial charge < -0.3 is 14.2 Å². The van der Waals surface area contributed by atoms with Gasteiger partial charge in [-0.05, 0) is 68.1 Å². The first-order valence-electron chi connectivity index (χ1n) is 11.6. The van der Waals surface area contributed by atoms with Crippen molar-refractivity contribution in [3.8, 4) is 0 Å². The number of carbonyl (C=O) groups excluding carboxylic acids is 2. The van der Waals surface area contributed by atoms with Crippen molar-refractivity contribution in [3.05, 3.63) is 25.3 Å². The van der Waals surface area contributed by atoms with Crippen molar-refractivity contribution >= 4 is 11.9 Å². The standard InChI is InChI=1S/C25H40O5/c1-5-23(26)29-16-15-19-7-9-20(10-8-19)25(3,4)21-11-13-22(14-12-21)28-17-18-30-24(27)6-2/h5-6,19-22H,1-2,7-18H2,3-4H3. The fourth-order valence-corrected chi connectivity index (χ4v) is 5.30. The molecule has 2 saturated carbocycles. The number of carbonyl (C=O) groups is 2. The van der Waals surface area contributed by atoms with Crippen molar-refractivity contribution in [2.45, 2.75) is 77.7 Å². The summed E-state index contributed by atoms with van der Waals surface area (Å²) in [4.78, 5) is 22.2. The number of hydrogen-bond donors (Lipinski definition) is 0. The van der Waals surface area contributed by atoms with E-state index in [1.54, 1.807) is 0 Å². The van der Waals surface area contributed by atoms with Crippen molar-refractivity contribution in [3.63, 3.8) is 0 Å². The lowest BCUT2D eigenvalue weighted by Crippen LogP contribution is -2.38. The summed E-state index contributed by atoms with van der Waals surface area (Å²) in [6.45, 7) is 13.0. The smallest absolute Gasteiger partial charge is 0.330 e. The van der Waals surface area contributed by atoms with Gasteiger partial charge in [0.1, 0.15) is 6.61 Å². The molecule has 2 fully saturated rings. The zero-order chi connectivity index (χ0) is 22.0. The minimum atomic E-state index is -0.392. The van der Waals surface area contributed by atoms with Gasteiger partial charge in [-0.3, -0.25) is 0 Å². The monoisotopic (exact) mass is 420 g/mol. The Balaban J connectivity index is 1.66. The number of esters is 2. The molecule has 170 valence electrons. The van der Waals surface area contributed by atoms with Crippen molar-refractivity contribution in [2.24, 2.45) is 23.2 Å². The van der Waals surface area contributed by atoms with E-state index in [1.165, 1.54) is 50.7 Å². The molecule has 0 heterocycles. The summed E-state index contributed by atoms with van der Waals surface area (Å²) in [7, 11) is 0. The van der Waals surface area contributed by atoms with E-state index in [-0.39, 0.29) is 12.1 Å². The van der Waals surface area contributed by atoms with Crippen LogP contribution in [0, 0.1) is 23.2 Å². The number of hydrogen-bond acceptors (Lipinski definition) is 5. The van der Waals surface area contributed by atoms with Gasteiger partial charge in [-0.1, -0.05) is 39.8 Å². The van der Waals surface area contributed by atoms with E-state index in [9.17, 15) is 9.59 Å². The summed E-state index contributed by atoms with van der Waals surface area (Å²) < 4.78 is 16.0. The van der Waals surface area contributed by atoms with E-state index in [0.717, 1.165) is 31.1 Å². The van der Waals surface area contributed by atoms with Crippen LogP contribution in [0.3, 0.4) is 0 Å². The van der Waals surface area contributed by atoms with Gasteiger partial charge in [-0.25, -0.2) is 9.59 Å². The molecule has 0 bridgehead atoms. The van der Waals surface area contributed by atoms with Crippen molar-refractivity contribution < 1.29 is 23.8 Å². The molecule has 0 atom stereocenters. The van der Waals surface area contributed by atoms with Crippen LogP contribution in [0.1, 0.15) is 71.6 Å². The Kier molecular flexibility index (Phi) is 10.1. The highest BCUT2D eigenvalue weighted by atomic mass is 16.6. The van der Waals surface area contributed by atoms with Crippen LogP contribution < -0.4 is 0 Å². The van der Waals surface area contributed by atoms with Crippen molar-refractivity contribution in [1.29, 1.82) is 0 Å². The molecule has 5 heteroatoms. The van der Waals surface area contributed by atoms with Gasteiger partial charge in [-0.2, -0.15) is 0 Å². The van der Waals surface area contributed by atoms with Crippen LogP contribution >= 0.6 is 0 Å². The van der Waals surface area contributed by atoms with E-state index in [2.05, 4.69) is 27.0 Å². The molecular formula is C25H40O5. The third kappa shape index (κ3) is 7.57. The molecule has 2 rings (SSSR count). The van der Waals surface area contributed by atoms with E-state index < -0.39 is 5.97 Å². The molecule has 0 aromatic carbocycles. The van der Waals surface area contributed by atoms with Gasteiger partial charge >= 0.3 is 11.9 Å². The van der Waals surface area contributed by atoms with Gasteiger partial charge in [0.15, 0.2) is 0 Å². The second-order valence-electron chi connectivity index (χ2n) is 9.42. The minimum Gasteiger partial charge on any atom is -0.463 e. The van der Waals surface area contributed by atoms with Crippen LogP contribution in [0.15, 0.2) is 25.3 Å². The zero-order valence-corrected chi connectivity index (χ0v) is 18.9. The van der Waals surface area contributed by atoms with Gasteiger partial charge in [-0.15, -0.1) is 0 Å². The highest BCUT2D eigenvalue weighted by Gasteiger charge is 2.40. The Bertz CT molecular complexity index is 566. The summed E-state index contributed by atoms with van der Waals surface area (Å²) in [6.07, 6.45) is 13.3. The van der Waals surface area contributed by atoms with E-state index >= 15 is 0 Å². The summed E-state index contributed by atoms with van der Waals surface area (Å²) >= 11 is 0. The van der Waals surface area contributed by atoms with Crippen molar-refractivity contribution in [2.75, 3.05) is 19.8 Å². The summed E-state index contributed by atoms with van der Waals surface area (Å²) in [5.41, 5.74) is 0.352. The first kappa shape index (κ1) is 24.6. The predicted molar refractivity (Wildman–Crippen MR) is 118 cm³/mol. The van der Waals surface area contributed by atoms with Crippen LogP contribution in [0.2, 0.25) is 0 Å². The highest BCUT2D eigenvalue weighted by molar-refractivity contribution is 5.81. The topological polar surface area (TPSA) is 61.8 Å². The fourth-order valence-electron chi connectivity index (χ4n) is 5.30. The van der Waals surface area contributed by atoms with Crippen LogP contribution in [0.4, 0.5) is 0 Å². The average molecular weight is 421 g/mol. The first-order valence-corrected chi connectivity index (χ1v) is 11.6. The van der Waals surface area contributed by atoms with E-state index in [0.29, 0.717) is 31.2 Å². The lowest BCUT2D eigenvalue weighted by molar-refractivity contribution is -0.140. The number of ether oxygens (including phenoxy) is 3. The second-order valence-corrected chi connectivity index (χ2v) is 9.42. The van der Waals surface area contributed by atoms with Gasteiger partial charge in [0.05, 0.1) is 19.3 Å². The molecule has 0 saturated heterocycles. The van der Waals surface area contributed by atoms with Crippen molar-refractivity contribution in [1.82, 2.24) is 0 Å². The van der Waals surface area contributed by atoms with Crippen LogP contribution in [0.5, 0.6) is 0 Å². The molecule has 0 unspecified atom stereocenters. The SMILES string of the molecule is C=CC(=O)OCCOC1CCC(C(C)(C)C2CCC(CCOC(=O)C=C)CC2)CC1. The van der Waals surface area contributed by atoms with Gasteiger partial charge in [0.2, 0.25) is 0 Å². The molecular weight excluding hydrogens is 380 g/mol. The number of rotatable bonds is 11. The maximum absolute atomic E-state index is 11.2. The van der Waals surface area contributed by atoms with Gasteiger partial charge in [0.25, 0.3) is 0 Å². The summed E-state index contributed by atoms with van der Waals surface area (Å²) in [5.74, 6) is 1.48. The van der Waals surface area contributed by atoms with Crippen LogP contribution in [-0.4, -0.2) is 37.9 Å². The van der Waals surface area contributed by atoms with Crippen LogP contribution in [0.25, 0.3) is 0 Å². The molecule has 0 aromatic rings. The quantitative estimate of drug-likeness (QED) is 0.260. The third-order valence-corrected chi connectivity index (χ3v) is 7.41. The molecule has 5 nitrogen and oxygen atoms in total. The summed E-state index contributed by atoms with van der Waals surface area (Å²) in [6, 6.07) is 0. The third-order valence-electron chi connectivity index (χ3n) is 7.41. The molecule has 2 aliphatic rings. The molecule has 30 heavy (non-hydrogen) atoms. The van der Waals surface area contributed by atoms with E-state index in [1.807, 2.05) is 0 Å².